The van der Waals surface area contributed by atoms with Crippen LogP contribution in [0.5, 0.6) is 0 Å². The molecule has 0 bridgehead atoms. The molecule has 6 rings (SSSR count). The molecule has 0 aromatic rings. The van der Waals surface area contributed by atoms with Gasteiger partial charge in [-0.05, 0) is 125 Å². The number of hydrogen-bond acceptors (Lipinski definition) is 4. The number of aliphatic hydroxyl groups is 1. The van der Waals surface area contributed by atoms with E-state index in [0.717, 1.165) is 42.7 Å². The first-order valence-electron chi connectivity index (χ1n) is 14.7. The summed E-state index contributed by atoms with van der Waals surface area (Å²) in [6.07, 6.45) is 12.1. The fourth-order valence-corrected chi connectivity index (χ4v) is 11.8. The monoisotopic (exact) mass is 472 g/mol. The van der Waals surface area contributed by atoms with Crippen LogP contribution in [-0.2, 0) is 4.74 Å². The first-order valence-corrected chi connectivity index (χ1v) is 14.7. The number of rotatable bonds is 1. The van der Waals surface area contributed by atoms with Crippen LogP contribution in [-0.4, -0.2) is 66.6 Å². The SMILES string of the molecule is C[C@H]1CN(C)[C@@H]2[C@@H](C)[C@H]3[C@@H](C[C@H]4[C@@H]5CC[C@H]6C[C@@H](N(C)C)CC[C@]6(C)[C@H]5CC[C@]34C)O[C@@]2(O)C1. The van der Waals surface area contributed by atoms with Crippen molar-refractivity contribution in [2.75, 3.05) is 27.7 Å². The van der Waals surface area contributed by atoms with Crippen LogP contribution < -0.4 is 0 Å². The minimum atomic E-state index is -0.954. The Bertz CT molecular complexity index is 803. The predicted molar refractivity (Wildman–Crippen MR) is 137 cm³/mol. The summed E-state index contributed by atoms with van der Waals surface area (Å²) >= 11 is 0. The van der Waals surface area contributed by atoms with Gasteiger partial charge in [0.2, 0.25) is 0 Å². The summed E-state index contributed by atoms with van der Waals surface area (Å²) < 4.78 is 6.83. The van der Waals surface area contributed by atoms with Gasteiger partial charge in [-0.2, -0.15) is 0 Å². The highest BCUT2D eigenvalue weighted by molar-refractivity contribution is 5.16. The van der Waals surface area contributed by atoms with E-state index in [0.29, 0.717) is 28.6 Å². The molecular formula is C30H52N2O2. The molecule has 0 radical (unpaired) electrons. The van der Waals surface area contributed by atoms with E-state index in [-0.39, 0.29) is 12.1 Å². The molecule has 6 fully saturated rings. The Hall–Kier alpha value is -0.160. The third kappa shape index (κ3) is 3.23. The van der Waals surface area contributed by atoms with Gasteiger partial charge < -0.3 is 14.7 Å². The Labute approximate surface area is 209 Å². The first-order chi connectivity index (χ1) is 16.0. The Balaban J connectivity index is 1.28. The molecular weight excluding hydrogens is 420 g/mol. The first kappa shape index (κ1) is 24.2. The summed E-state index contributed by atoms with van der Waals surface area (Å²) in [5, 5.41) is 11.8. The molecule has 0 amide bonds. The molecule has 194 valence electrons. The van der Waals surface area contributed by atoms with Gasteiger partial charge in [-0.25, -0.2) is 0 Å². The van der Waals surface area contributed by atoms with Crippen molar-refractivity contribution < 1.29 is 9.84 Å². The van der Waals surface area contributed by atoms with E-state index in [1.807, 2.05) is 0 Å². The van der Waals surface area contributed by atoms with Crippen molar-refractivity contribution >= 4 is 0 Å². The van der Waals surface area contributed by atoms with Gasteiger partial charge in [-0.15, -0.1) is 0 Å². The van der Waals surface area contributed by atoms with E-state index >= 15 is 0 Å². The molecule has 34 heavy (non-hydrogen) atoms. The lowest BCUT2D eigenvalue weighted by atomic mass is 9.44. The van der Waals surface area contributed by atoms with E-state index in [1.165, 1.54) is 51.4 Å². The van der Waals surface area contributed by atoms with E-state index in [9.17, 15) is 5.11 Å². The van der Waals surface area contributed by atoms with Crippen molar-refractivity contribution in [1.82, 2.24) is 9.80 Å². The Morgan fingerprint density at radius 2 is 1.68 bits per heavy atom. The van der Waals surface area contributed by atoms with E-state index < -0.39 is 5.79 Å². The second-order valence-electron chi connectivity index (χ2n) is 14.9. The predicted octanol–water partition coefficient (Wildman–Crippen LogP) is 5.25. The summed E-state index contributed by atoms with van der Waals surface area (Å²) in [5.74, 6) is 4.08. The molecule has 0 aromatic heterocycles. The lowest BCUT2D eigenvalue weighted by molar-refractivity contribution is -0.330. The number of piperidine rings is 1. The lowest BCUT2D eigenvalue weighted by Gasteiger charge is -2.62. The maximum Gasteiger partial charge on any atom is 0.182 e. The van der Waals surface area contributed by atoms with Gasteiger partial charge >= 0.3 is 0 Å². The molecule has 2 heterocycles. The zero-order valence-corrected chi connectivity index (χ0v) is 23.1. The molecule has 2 saturated heterocycles. The molecule has 4 nitrogen and oxygen atoms in total. The Kier molecular flexibility index (Phi) is 5.63. The van der Waals surface area contributed by atoms with Gasteiger partial charge in [0.15, 0.2) is 5.79 Å². The quantitative estimate of drug-likeness (QED) is 0.565. The molecule has 2 aliphatic heterocycles. The molecule has 0 aromatic carbocycles. The Morgan fingerprint density at radius 1 is 0.941 bits per heavy atom. The normalized spacial score (nSPS) is 59.6. The third-order valence-electron chi connectivity index (χ3n) is 13.1. The van der Waals surface area contributed by atoms with Crippen LogP contribution in [0.2, 0.25) is 0 Å². The van der Waals surface area contributed by atoms with Crippen LogP contribution in [0.4, 0.5) is 0 Å². The highest BCUT2D eigenvalue weighted by Crippen LogP contribution is 2.70. The fourth-order valence-electron chi connectivity index (χ4n) is 11.8. The molecule has 4 aliphatic carbocycles. The summed E-state index contributed by atoms with van der Waals surface area (Å²) in [7, 11) is 6.80. The third-order valence-corrected chi connectivity index (χ3v) is 13.1. The zero-order valence-electron chi connectivity index (χ0n) is 23.1. The molecule has 4 heteroatoms. The molecule has 6 aliphatic rings. The van der Waals surface area contributed by atoms with Gasteiger partial charge in [-0.3, -0.25) is 4.90 Å². The standard InChI is InChI=1S/C30H52N2O2/c1-18-16-30(33)27(32(7)17-18)19(2)26-25(34-30)15-24-22-9-8-20-14-21(31(5)6)10-12-28(20,3)23(22)11-13-29(24,26)4/h18-27,33H,8-17H2,1-7H3/t18-,19+,20+,21+,22-,23+,24+,25-,26+,27-,28+,29+,30+/m1/s1. The maximum absolute atomic E-state index is 11.8. The van der Waals surface area contributed by atoms with Crippen molar-refractivity contribution in [1.29, 1.82) is 0 Å². The van der Waals surface area contributed by atoms with Crippen molar-refractivity contribution in [2.45, 2.75) is 109 Å². The van der Waals surface area contributed by atoms with Gasteiger partial charge in [0.25, 0.3) is 0 Å². The molecule has 13 atom stereocenters. The average molecular weight is 473 g/mol. The largest absolute Gasteiger partial charge is 0.364 e. The minimum Gasteiger partial charge on any atom is -0.364 e. The van der Waals surface area contributed by atoms with Gasteiger partial charge in [0, 0.05) is 19.0 Å². The van der Waals surface area contributed by atoms with Gasteiger partial charge in [-0.1, -0.05) is 27.7 Å². The molecule has 0 unspecified atom stereocenters. The number of ether oxygens (including phenoxy) is 1. The molecule has 1 N–H and O–H groups in total. The second kappa shape index (κ2) is 7.92. The maximum atomic E-state index is 11.8. The molecule has 4 saturated carbocycles. The van der Waals surface area contributed by atoms with E-state index in [4.69, 9.17) is 4.74 Å². The van der Waals surface area contributed by atoms with Gasteiger partial charge in [0.1, 0.15) is 0 Å². The van der Waals surface area contributed by atoms with Crippen molar-refractivity contribution in [3.05, 3.63) is 0 Å². The van der Waals surface area contributed by atoms with Crippen molar-refractivity contribution in [2.24, 2.45) is 52.3 Å². The number of likely N-dealkylation sites (N-methyl/N-ethyl adjacent to an activating group) is 1. The van der Waals surface area contributed by atoms with Gasteiger partial charge in [0.05, 0.1) is 12.1 Å². The lowest BCUT2D eigenvalue weighted by Crippen LogP contribution is -2.68. The van der Waals surface area contributed by atoms with Crippen LogP contribution in [0.25, 0.3) is 0 Å². The van der Waals surface area contributed by atoms with Crippen molar-refractivity contribution in [3.8, 4) is 0 Å². The summed E-state index contributed by atoms with van der Waals surface area (Å²) in [6, 6.07) is 0.934. The highest BCUT2D eigenvalue weighted by atomic mass is 16.6. The van der Waals surface area contributed by atoms with Crippen LogP contribution >= 0.6 is 0 Å². The topological polar surface area (TPSA) is 35.9 Å². The van der Waals surface area contributed by atoms with Crippen LogP contribution in [0, 0.1) is 52.3 Å². The number of fused-ring (bicyclic) bond motifs is 8. The number of nitrogens with zero attached hydrogens (tertiary/aromatic N) is 2. The highest BCUT2D eigenvalue weighted by Gasteiger charge is 2.68. The number of hydrogen-bond donors (Lipinski definition) is 1. The smallest absolute Gasteiger partial charge is 0.182 e. The fraction of sp³-hybridized carbons (Fsp3) is 1.00. The minimum absolute atomic E-state index is 0.146. The second-order valence-corrected chi connectivity index (χ2v) is 14.9. The molecule has 0 spiro atoms. The van der Waals surface area contributed by atoms with Crippen LogP contribution in [0.3, 0.4) is 0 Å². The Morgan fingerprint density at radius 3 is 2.41 bits per heavy atom. The van der Waals surface area contributed by atoms with Crippen molar-refractivity contribution in [3.63, 3.8) is 0 Å². The average Bonchev–Trinajstić information content (AvgIpc) is 3.03. The summed E-state index contributed by atoms with van der Waals surface area (Å²) in [6.45, 7) is 11.2. The summed E-state index contributed by atoms with van der Waals surface area (Å²) in [4.78, 5) is 4.93. The van der Waals surface area contributed by atoms with E-state index in [1.54, 1.807) is 0 Å². The zero-order chi connectivity index (χ0) is 24.2. The number of likely N-dealkylation sites (tertiary alicyclic amines) is 1. The van der Waals surface area contributed by atoms with Crippen LogP contribution in [0.1, 0.15) is 85.5 Å². The van der Waals surface area contributed by atoms with E-state index in [2.05, 4.69) is 58.6 Å². The van der Waals surface area contributed by atoms with Crippen LogP contribution in [0.15, 0.2) is 0 Å². The summed E-state index contributed by atoms with van der Waals surface area (Å²) in [5.41, 5.74) is 0.916.